The maximum Gasteiger partial charge on any atom is 0.275 e. The highest BCUT2D eigenvalue weighted by atomic mass is 16.5. The van der Waals surface area contributed by atoms with Crippen LogP contribution in [-0.4, -0.2) is 25.3 Å². The lowest BCUT2D eigenvalue weighted by molar-refractivity contribution is 0.0950. The first kappa shape index (κ1) is 19.9. The minimum absolute atomic E-state index is 0.322. The minimum atomic E-state index is -0.339. The average molecular weight is 386 g/mol. The van der Waals surface area contributed by atoms with Crippen molar-refractivity contribution in [3.05, 3.63) is 102 Å². The lowest BCUT2D eigenvalue weighted by atomic mass is 10.2. The van der Waals surface area contributed by atoms with Gasteiger partial charge in [0.2, 0.25) is 0 Å². The van der Waals surface area contributed by atoms with Crippen LogP contribution in [0.2, 0.25) is 0 Å². The van der Waals surface area contributed by atoms with Gasteiger partial charge in [0.25, 0.3) is 5.91 Å². The molecule has 146 valence electrons. The lowest BCUT2D eigenvalue weighted by Crippen LogP contribution is -2.19. The number of amides is 1. The van der Waals surface area contributed by atoms with Crippen LogP contribution >= 0.6 is 0 Å². The van der Waals surface area contributed by atoms with Crippen molar-refractivity contribution in [2.24, 2.45) is 5.10 Å². The number of para-hydroxylation sites is 2. The summed E-state index contributed by atoms with van der Waals surface area (Å²) in [7, 11) is 0. The number of benzene rings is 3. The van der Waals surface area contributed by atoms with Crippen molar-refractivity contribution in [1.29, 1.82) is 0 Å². The predicted octanol–water partition coefficient (Wildman–Crippen LogP) is 4.57. The molecule has 0 spiro atoms. The van der Waals surface area contributed by atoms with Crippen LogP contribution in [0.1, 0.15) is 15.9 Å². The Balaban J connectivity index is 1.49. The standard InChI is InChI=1S/C24H22N2O3/c27-24(26-25-17-9-12-20-10-3-1-4-11-20)22-15-7-8-16-23(22)29-19-18-28-21-13-5-2-6-14-21/h1-17H,18-19H2,(H,26,27). The molecule has 0 aliphatic rings. The number of ether oxygens (including phenoxy) is 2. The topological polar surface area (TPSA) is 59.9 Å². The van der Waals surface area contributed by atoms with E-state index in [0.29, 0.717) is 24.5 Å². The molecule has 0 heterocycles. The Hall–Kier alpha value is -3.86. The summed E-state index contributed by atoms with van der Waals surface area (Å²) in [4.78, 5) is 12.4. The maximum atomic E-state index is 12.4. The molecule has 0 aliphatic heterocycles. The summed E-state index contributed by atoms with van der Waals surface area (Å²) in [6.07, 6.45) is 5.19. The van der Waals surface area contributed by atoms with Gasteiger partial charge in [0.1, 0.15) is 24.7 Å². The zero-order valence-electron chi connectivity index (χ0n) is 15.9. The van der Waals surface area contributed by atoms with Crippen molar-refractivity contribution < 1.29 is 14.3 Å². The molecule has 0 radical (unpaired) electrons. The molecule has 3 aromatic carbocycles. The number of nitrogens with one attached hydrogen (secondary N) is 1. The second-order valence-electron chi connectivity index (χ2n) is 6.00. The molecule has 0 atom stereocenters. The number of allylic oxidation sites excluding steroid dienone is 1. The van der Waals surface area contributed by atoms with E-state index in [1.165, 1.54) is 6.21 Å². The summed E-state index contributed by atoms with van der Waals surface area (Å²) in [6, 6.07) is 26.4. The van der Waals surface area contributed by atoms with E-state index >= 15 is 0 Å². The molecular formula is C24H22N2O3. The maximum absolute atomic E-state index is 12.4. The fourth-order valence-corrected chi connectivity index (χ4v) is 2.53. The Labute approximate surface area is 170 Å². The zero-order valence-corrected chi connectivity index (χ0v) is 15.9. The Morgan fingerprint density at radius 2 is 1.48 bits per heavy atom. The van der Waals surface area contributed by atoms with Crippen molar-refractivity contribution in [2.75, 3.05) is 13.2 Å². The van der Waals surface area contributed by atoms with E-state index in [-0.39, 0.29) is 5.91 Å². The molecule has 0 unspecified atom stereocenters. The molecule has 1 amide bonds. The van der Waals surface area contributed by atoms with Gasteiger partial charge in [-0.15, -0.1) is 0 Å². The highest BCUT2D eigenvalue weighted by molar-refractivity contribution is 5.97. The van der Waals surface area contributed by atoms with E-state index in [1.807, 2.05) is 72.8 Å². The Morgan fingerprint density at radius 1 is 0.828 bits per heavy atom. The van der Waals surface area contributed by atoms with Crippen LogP contribution in [0.5, 0.6) is 11.5 Å². The van der Waals surface area contributed by atoms with Crippen LogP contribution in [0.25, 0.3) is 6.08 Å². The van der Waals surface area contributed by atoms with Crippen LogP contribution in [0.3, 0.4) is 0 Å². The quantitative estimate of drug-likeness (QED) is 0.333. The first-order valence-electron chi connectivity index (χ1n) is 9.28. The molecule has 29 heavy (non-hydrogen) atoms. The van der Waals surface area contributed by atoms with Crippen LogP contribution in [0, 0.1) is 0 Å². The summed E-state index contributed by atoms with van der Waals surface area (Å²) in [6.45, 7) is 0.699. The molecule has 0 bridgehead atoms. The van der Waals surface area contributed by atoms with Crippen LogP contribution in [0.4, 0.5) is 0 Å². The average Bonchev–Trinajstić information content (AvgIpc) is 2.78. The molecular weight excluding hydrogens is 364 g/mol. The molecule has 5 nitrogen and oxygen atoms in total. The van der Waals surface area contributed by atoms with Gasteiger partial charge in [-0.3, -0.25) is 4.79 Å². The monoisotopic (exact) mass is 386 g/mol. The van der Waals surface area contributed by atoms with Crippen LogP contribution < -0.4 is 14.9 Å². The van der Waals surface area contributed by atoms with Crippen molar-refractivity contribution in [3.8, 4) is 11.5 Å². The Bertz CT molecular complexity index is 954. The van der Waals surface area contributed by atoms with Gasteiger partial charge < -0.3 is 9.47 Å². The van der Waals surface area contributed by atoms with E-state index in [9.17, 15) is 4.79 Å². The van der Waals surface area contributed by atoms with Crippen molar-refractivity contribution in [3.63, 3.8) is 0 Å². The summed E-state index contributed by atoms with van der Waals surface area (Å²) < 4.78 is 11.3. The molecule has 0 saturated heterocycles. The first-order chi connectivity index (χ1) is 14.3. The molecule has 5 heteroatoms. The van der Waals surface area contributed by atoms with Crippen molar-refractivity contribution in [2.45, 2.75) is 0 Å². The number of hydrogen-bond acceptors (Lipinski definition) is 4. The van der Waals surface area contributed by atoms with E-state index < -0.39 is 0 Å². The normalized spacial score (nSPS) is 10.9. The molecule has 3 rings (SSSR count). The molecule has 0 aromatic heterocycles. The van der Waals surface area contributed by atoms with Crippen LogP contribution in [-0.2, 0) is 0 Å². The van der Waals surface area contributed by atoms with E-state index in [4.69, 9.17) is 9.47 Å². The van der Waals surface area contributed by atoms with E-state index in [0.717, 1.165) is 11.3 Å². The number of hydrazone groups is 1. The predicted molar refractivity (Wildman–Crippen MR) is 115 cm³/mol. The molecule has 0 fully saturated rings. The highest BCUT2D eigenvalue weighted by Gasteiger charge is 2.11. The van der Waals surface area contributed by atoms with E-state index in [1.54, 1.807) is 24.3 Å². The lowest BCUT2D eigenvalue weighted by Gasteiger charge is -2.11. The number of hydrogen-bond donors (Lipinski definition) is 1. The second-order valence-corrected chi connectivity index (χ2v) is 6.00. The molecule has 3 aromatic rings. The number of rotatable bonds is 9. The van der Waals surface area contributed by atoms with Gasteiger partial charge in [-0.1, -0.05) is 66.7 Å². The molecule has 1 N–H and O–H groups in total. The fourth-order valence-electron chi connectivity index (χ4n) is 2.53. The van der Waals surface area contributed by atoms with Gasteiger partial charge in [-0.25, -0.2) is 5.43 Å². The van der Waals surface area contributed by atoms with Crippen LogP contribution in [0.15, 0.2) is 96.1 Å². The van der Waals surface area contributed by atoms with Gasteiger partial charge in [0.05, 0.1) is 5.56 Å². The summed E-state index contributed by atoms with van der Waals surface area (Å²) >= 11 is 0. The Kier molecular flexibility index (Phi) is 7.61. The zero-order chi connectivity index (χ0) is 20.2. The number of carbonyl (C=O) groups is 1. The van der Waals surface area contributed by atoms with Gasteiger partial charge in [0.15, 0.2) is 0 Å². The second kappa shape index (κ2) is 11.1. The summed E-state index contributed by atoms with van der Waals surface area (Å²) in [5, 5.41) is 3.95. The summed E-state index contributed by atoms with van der Waals surface area (Å²) in [5.74, 6) is 0.922. The smallest absolute Gasteiger partial charge is 0.275 e. The third kappa shape index (κ3) is 6.66. The third-order valence-corrected chi connectivity index (χ3v) is 3.90. The minimum Gasteiger partial charge on any atom is -0.490 e. The van der Waals surface area contributed by atoms with Crippen molar-refractivity contribution >= 4 is 18.2 Å². The van der Waals surface area contributed by atoms with E-state index in [2.05, 4.69) is 10.5 Å². The van der Waals surface area contributed by atoms with Gasteiger partial charge in [-0.2, -0.15) is 5.10 Å². The number of carbonyl (C=O) groups excluding carboxylic acids is 1. The Morgan fingerprint density at radius 3 is 2.28 bits per heavy atom. The van der Waals surface area contributed by atoms with Crippen molar-refractivity contribution in [1.82, 2.24) is 5.43 Å². The summed E-state index contributed by atoms with van der Waals surface area (Å²) in [5.41, 5.74) is 3.98. The third-order valence-electron chi connectivity index (χ3n) is 3.90. The highest BCUT2D eigenvalue weighted by Crippen LogP contribution is 2.18. The first-order valence-corrected chi connectivity index (χ1v) is 9.28. The van der Waals surface area contributed by atoms with Gasteiger partial charge >= 0.3 is 0 Å². The molecule has 0 saturated carbocycles. The molecule has 0 aliphatic carbocycles. The largest absolute Gasteiger partial charge is 0.490 e. The SMILES string of the molecule is O=C(NN=CC=Cc1ccccc1)c1ccccc1OCCOc1ccccc1. The van der Waals surface area contributed by atoms with Gasteiger partial charge in [0, 0.05) is 6.21 Å². The van der Waals surface area contributed by atoms with Gasteiger partial charge in [-0.05, 0) is 35.9 Å². The number of nitrogens with zero attached hydrogens (tertiary/aromatic N) is 1. The fraction of sp³-hybridized carbons (Fsp3) is 0.0833.